The Hall–Kier alpha value is -2.56. The summed E-state index contributed by atoms with van der Waals surface area (Å²) in [7, 11) is 1.68. The van der Waals surface area contributed by atoms with Crippen molar-refractivity contribution >= 4 is 11.8 Å². The molecule has 0 saturated carbocycles. The van der Waals surface area contributed by atoms with Crippen LogP contribution in [0.2, 0.25) is 0 Å². The summed E-state index contributed by atoms with van der Waals surface area (Å²) in [6.07, 6.45) is 11.4. The van der Waals surface area contributed by atoms with E-state index in [1.807, 2.05) is 18.2 Å². The molecule has 0 fully saturated rings. The molecule has 5 heteroatoms. The van der Waals surface area contributed by atoms with Crippen molar-refractivity contribution in [1.82, 2.24) is 9.97 Å². The maximum atomic E-state index is 5.18. The maximum Gasteiger partial charge on any atom is 0.224 e. The molecule has 26 heavy (non-hydrogen) atoms. The number of benzene rings is 1. The molecule has 0 unspecified atom stereocenters. The van der Waals surface area contributed by atoms with Crippen molar-refractivity contribution in [2.75, 3.05) is 30.8 Å². The molecule has 3 rings (SSSR count). The Kier molecular flexibility index (Phi) is 6.88. The van der Waals surface area contributed by atoms with Crippen LogP contribution in [0.25, 0.3) is 0 Å². The highest BCUT2D eigenvalue weighted by atomic mass is 16.5. The molecule has 0 atom stereocenters. The number of rotatable bonds is 9. The third-order valence-corrected chi connectivity index (χ3v) is 4.65. The Morgan fingerprint density at radius 3 is 2.62 bits per heavy atom. The van der Waals surface area contributed by atoms with Crippen molar-refractivity contribution in [2.24, 2.45) is 0 Å². The third kappa shape index (κ3) is 5.76. The fraction of sp³-hybridized carbons (Fsp3) is 0.429. The van der Waals surface area contributed by atoms with Crippen molar-refractivity contribution in [3.8, 4) is 5.75 Å². The van der Waals surface area contributed by atoms with Crippen LogP contribution in [0.15, 0.2) is 48.2 Å². The van der Waals surface area contributed by atoms with Gasteiger partial charge in [-0.05, 0) is 62.3 Å². The molecule has 1 aromatic carbocycles. The molecular weight excluding hydrogens is 324 g/mol. The summed E-state index contributed by atoms with van der Waals surface area (Å²) in [6.45, 7) is 1.72. The second-order valence-corrected chi connectivity index (χ2v) is 6.58. The standard InChI is InChI=1S/C21H28N4O/c1-26-19-9-7-18(8-10-19)11-14-22-20-13-16-24-21(25-20)23-15-12-17-5-3-2-4-6-17/h5,7-10,13,16H,2-4,6,11-12,14-15H2,1H3,(H2,22,23,24,25). The molecule has 1 heterocycles. The quantitative estimate of drug-likeness (QED) is 0.653. The Labute approximate surface area is 155 Å². The fourth-order valence-electron chi connectivity index (χ4n) is 3.14. The van der Waals surface area contributed by atoms with E-state index in [0.29, 0.717) is 5.95 Å². The molecule has 1 aliphatic rings. The minimum atomic E-state index is 0.691. The summed E-state index contributed by atoms with van der Waals surface area (Å²) in [5, 5.41) is 6.70. The number of aromatic nitrogens is 2. The van der Waals surface area contributed by atoms with Crippen molar-refractivity contribution in [1.29, 1.82) is 0 Å². The van der Waals surface area contributed by atoms with Crippen LogP contribution in [0.4, 0.5) is 11.8 Å². The van der Waals surface area contributed by atoms with Crippen molar-refractivity contribution in [3.05, 3.63) is 53.7 Å². The molecule has 0 aliphatic heterocycles. The minimum absolute atomic E-state index is 0.691. The molecule has 5 nitrogen and oxygen atoms in total. The second-order valence-electron chi connectivity index (χ2n) is 6.58. The summed E-state index contributed by atoms with van der Waals surface area (Å²) in [5.41, 5.74) is 2.84. The largest absolute Gasteiger partial charge is 0.497 e. The number of anilines is 2. The first-order valence-electron chi connectivity index (χ1n) is 9.45. The number of methoxy groups -OCH3 is 1. The van der Waals surface area contributed by atoms with E-state index < -0.39 is 0 Å². The molecule has 0 radical (unpaired) electrons. The van der Waals surface area contributed by atoms with Gasteiger partial charge in [0.05, 0.1) is 7.11 Å². The third-order valence-electron chi connectivity index (χ3n) is 4.65. The van der Waals surface area contributed by atoms with Gasteiger partial charge in [-0.2, -0.15) is 4.98 Å². The fourth-order valence-corrected chi connectivity index (χ4v) is 3.14. The first kappa shape index (κ1) is 18.2. The normalized spacial score (nSPS) is 13.8. The van der Waals surface area contributed by atoms with Gasteiger partial charge in [0.25, 0.3) is 0 Å². The first-order chi connectivity index (χ1) is 12.8. The highest BCUT2D eigenvalue weighted by Gasteiger charge is 2.04. The Morgan fingerprint density at radius 1 is 1.00 bits per heavy atom. The maximum absolute atomic E-state index is 5.18. The SMILES string of the molecule is COc1ccc(CCNc2ccnc(NCCC3=CCCCC3)n2)cc1. The minimum Gasteiger partial charge on any atom is -0.497 e. The van der Waals surface area contributed by atoms with E-state index in [-0.39, 0.29) is 0 Å². The lowest BCUT2D eigenvalue weighted by Crippen LogP contribution is -2.10. The summed E-state index contributed by atoms with van der Waals surface area (Å²) in [4.78, 5) is 8.85. The lowest BCUT2D eigenvalue weighted by Gasteiger charge is -2.13. The average Bonchev–Trinajstić information content (AvgIpc) is 2.70. The van der Waals surface area contributed by atoms with Gasteiger partial charge in [0.1, 0.15) is 11.6 Å². The summed E-state index contributed by atoms with van der Waals surface area (Å²) in [5.74, 6) is 2.43. The molecule has 0 saturated heterocycles. The van der Waals surface area contributed by atoms with Crippen LogP contribution in [-0.2, 0) is 6.42 Å². The van der Waals surface area contributed by atoms with Crippen LogP contribution in [0.5, 0.6) is 5.75 Å². The number of ether oxygens (including phenoxy) is 1. The number of nitrogens with zero attached hydrogens (tertiary/aromatic N) is 2. The highest BCUT2D eigenvalue weighted by molar-refractivity contribution is 5.40. The van der Waals surface area contributed by atoms with E-state index >= 15 is 0 Å². The molecule has 138 valence electrons. The van der Waals surface area contributed by atoms with Crippen molar-refractivity contribution < 1.29 is 4.74 Å². The van der Waals surface area contributed by atoms with E-state index in [0.717, 1.165) is 37.5 Å². The second kappa shape index (κ2) is 9.80. The summed E-state index contributed by atoms with van der Waals surface area (Å²) < 4.78 is 5.18. The van der Waals surface area contributed by atoms with Gasteiger partial charge in [0.15, 0.2) is 0 Å². The number of allylic oxidation sites excluding steroid dienone is 1. The topological polar surface area (TPSA) is 59.1 Å². The van der Waals surface area contributed by atoms with Gasteiger partial charge < -0.3 is 15.4 Å². The monoisotopic (exact) mass is 352 g/mol. The first-order valence-corrected chi connectivity index (χ1v) is 9.45. The molecule has 1 aromatic heterocycles. The summed E-state index contributed by atoms with van der Waals surface area (Å²) >= 11 is 0. The molecule has 2 aromatic rings. The molecule has 0 spiro atoms. The van der Waals surface area contributed by atoms with Gasteiger partial charge in [-0.1, -0.05) is 23.8 Å². The molecular formula is C21H28N4O. The summed E-state index contributed by atoms with van der Waals surface area (Å²) in [6, 6.07) is 10.1. The van der Waals surface area contributed by atoms with Crippen molar-refractivity contribution in [3.63, 3.8) is 0 Å². The highest BCUT2D eigenvalue weighted by Crippen LogP contribution is 2.20. The molecule has 0 bridgehead atoms. The van der Waals surface area contributed by atoms with Gasteiger partial charge in [0.2, 0.25) is 5.95 Å². The van der Waals surface area contributed by atoms with Gasteiger partial charge in [-0.25, -0.2) is 4.98 Å². The number of hydrogen-bond acceptors (Lipinski definition) is 5. The zero-order valence-electron chi connectivity index (χ0n) is 15.5. The lowest BCUT2D eigenvalue weighted by molar-refractivity contribution is 0.414. The Balaban J connectivity index is 1.42. The number of nitrogens with one attached hydrogen (secondary N) is 2. The van der Waals surface area contributed by atoms with Crippen LogP contribution in [-0.4, -0.2) is 30.2 Å². The van der Waals surface area contributed by atoms with E-state index in [1.165, 1.54) is 31.2 Å². The Morgan fingerprint density at radius 2 is 1.85 bits per heavy atom. The van der Waals surface area contributed by atoms with Crippen LogP contribution >= 0.6 is 0 Å². The van der Waals surface area contributed by atoms with Crippen molar-refractivity contribution in [2.45, 2.75) is 38.5 Å². The Bertz CT molecular complexity index is 712. The van der Waals surface area contributed by atoms with Gasteiger partial charge in [-0.15, -0.1) is 0 Å². The van der Waals surface area contributed by atoms with E-state index in [9.17, 15) is 0 Å². The molecule has 2 N–H and O–H groups in total. The van der Waals surface area contributed by atoms with E-state index in [2.05, 4.69) is 38.8 Å². The van der Waals surface area contributed by atoms with Gasteiger partial charge in [0, 0.05) is 19.3 Å². The lowest BCUT2D eigenvalue weighted by atomic mass is 9.97. The zero-order valence-corrected chi connectivity index (χ0v) is 15.5. The van der Waals surface area contributed by atoms with Crippen LogP contribution in [0.3, 0.4) is 0 Å². The average molecular weight is 352 g/mol. The molecule has 1 aliphatic carbocycles. The molecule has 0 amide bonds. The number of hydrogen-bond donors (Lipinski definition) is 2. The van der Waals surface area contributed by atoms with Crippen LogP contribution in [0.1, 0.15) is 37.7 Å². The van der Waals surface area contributed by atoms with Crippen LogP contribution in [0, 0.1) is 0 Å². The van der Waals surface area contributed by atoms with Gasteiger partial charge >= 0.3 is 0 Å². The van der Waals surface area contributed by atoms with Crippen LogP contribution < -0.4 is 15.4 Å². The van der Waals surface area contributed by atoms with E-state index in [4.69, 9.17) is 4.74 Å². The van der Waals surface area contributed by atoms with E-state index in [1.54, 1.807) is 18.9 Å². The van der Waals surface area contributed by atoms with Gasteiger partial charge in [-0.3, -0.25) is 0 Å². The smallest absolute Gasteiger partial charge is 0.224 e. The predicted molar refractivity (Wildman–Crippen MR) is 107 cm³/mol. The zero-order chi connectivity index (χ0) is 18.0. The predicted octanol–water partition coefficient (Wildman–Crippen LogP) is 4.44.